The van der Waals surface area contributed by atoms with Gasteiger partial charge in [-0.1, -0.05) is 18.2 Å². The van der Waals surface area contributed by atoms with E-state index in [4.69, 9.17) is 16.7 Å². The molecule has 0 fully saturated rings. The average Bonchev–Trinajstić information content (AvgIpc) is 2.43. The Hall–Kier alpha value is -1.59. The molecule has 0 spiro atoms. The van der Waals surface area contributed by atoms with Crippen LogP contribution in [0.2, 0.25) is 0 Å². The number of benzene rings is 1. The summed E-state index contributed by atoms with van der Waals surface area (Å²) < 4.78 is 4.54. The van der Waals surface area contributed by atoms with Gasteiger partial charge in [0.05, 0.1) is 7.11 Å². The predicted octanol–water partition coefficient (Wildman–Crippen LogP) is 1.65. The molecule has 1 unspecified atom stereocenters. The van der Waals surface area contributed by atoms with Gasteiger partial charge >= 0.3 is 11.9 Å². The van der Waals surface area contributed by atoms with Crippen molar-refractivity contribution >= 4 is 23.5 Å². The molecule has 0 aliphatic rings. The summed E-state index contributed by atoms with van der Waals surface area (Å²) in [4.78, 5) is 22.0. The first-order valence-corrected chi connectivity index (χ1v) is 6.19. The minimum atomic E-state index is -1.63. The smallest absolute Gasteiger partial charge is 0.337 e. The van der Waals surface area contributed by atoms with Crippen LogP contribution in [-0.4, -0.2) is 29.3 Å². The van der Waals surface area contributed by atoms with Crippen LogP contribution >= 0.6 is 11.6 Å². The van der Waals surface area contributed by atoms with Crippen molar-refractivity contribution in [2.24, 2.45) is 0 Å². The van der Waals surface area contributed by atoms with E-state index in [-0.39, 0.29) is 24.3 Å². The minimum Gasteiger partial charge on any atom is -0.479 e. The molecule has 104 valence electrons. The molecule has 0 heterocycles. The van der Waals surface area contributed by atoms with Crippen molar-refractivity contribution < 1.29 is 24.5 Å². The van der Waals surface area contributed by atoms with Gasteiger partial charge in [-0.3, -0.25) is 4.79 Å². The zero-order chi connectivity index (χ0) is 14.4. The topological polar surface area (TPSA) is 83.8 Å². The number of aliphatic hydroxyl groups excluding tert-OH is 1. The van der Waals surface area contributed by atoms with E-state index in [1.807, 2.05) is 0 Å². The first-order chi connectivity index (χ1) is 9.01. The lowest BCUT2D eigenvalue weighted by molar-refractivity contribution is -0.147. The van der Waals surface area contributed by atoms with Crippen LogP contribution in [0.15, 0.2) is 18.2 Å². The Morgan fingerprint density at radius 1 is 1.42 bits per heavy atom. The molecule has 0 aliphatic carbocycles. The zero-order valence-corrected chi connectivity index (χ0v) is 11.2. The number of alkyl halides is 1. The Balaban J connectivity index is 3.09. The molecule has 19 heavy (non-hydrogen) atoms. The van der Waals surface area contributed by atoms with Crippen LogP contribution in [0.25, 0.3) is 0 Å². The number of carboxylic acids is 1. The maximum atomic E-state index is 11.2. The average molecular weight is 287 g/mol. The van der Waals surface area contributed by atoms with Gasteiger partial charge in [0, 0.05) is 12.3 Å². The van der Waals surface area contributed by atoms with Crippen molar-refractivity contribution in [1.29, 1.82) is 0 Å². The van der Waals surface area contributed by atoms with E-state index >= 15 is 0 Å². The number of hydrogen-bond acceptors (Lipinski definition) is 4. The summed E-state index contributed by atoms with van der Waals surface area (Å²) in [6, 6.07) is 4.87. The Bertz CT molecular complexity index is 472. The van der Waals surface area contributed by atoms with Gasteiger partial charge in [0.25, 0.3) is 0 Å². The highest BCUT2D eigenvalue weighted by molar-refractivity contribution is 6.17. The third kappa shape index (κ3) is 3.94. The minimum absolute atomic E-state index is 0.101. The molecule has 0 aliphatic heterocycles. The summed E-state index contributed by atoms with van der Waals surface area (Å²) in [5.74, 6) is -1.57. The van der Waals surface area contributed by atoms with Gasteiger partial charge in [-0.2, -0.15) is 0 Å². The highest BCUT2D eigenvalue weighted by Gasteiger charge is 2.21. The number of rotatable bonds is 6. The first kappa shape index (κ1) is 15.5. The number of aliphatic hydroxyl groups is 1. The maximum Gasteiger partial charge on any atom is 0.337 e. The summed E-state index contributed by atoms with van der Waals surface area (Å²) in [6.07, 6.45) is -1.25. The van der Waals surface area contributed by atoms with E-state index in [1.54, 1.807) is 12.1 Å². The second kappa shape index (κ2) is 7.11. The van der Waals surface area contributed by atoms with E-state index < -0.39 is 18.0 Å². The van der Waals surface area contributed by atoms with Gasteiger partial charge in [-0.15, -0.1) is 11.6 Å². The predicted molar refractivity (Wildman–Crippen MR) is 68.9 cm³/mol. The van der Waals surface area contributed by atoms with Crippen LogP contribution in [0, 0.1) is 0 Å². The molecular weight excluding hydrogens is 272 g/mol. The second-order valence-electron chi connectivity index (χ2n) is 3.94. The van der Waals surface area contributed by atoms with E-state index in [9.17, 15) is 14.7 Å². The largest absolute Gasteiger partial charge is 0.479 e. The van der Waals surface area contributed by atoms with E-state index in [1.165, 1.54) is 13.2 Å². The fourth-order valence-electron chi connectivity index (χ4n) is 1.80. The fraction of sp³-hybridized carbons (Fsp3) is 0.385. The molecular formula is C13H15ClO5. The summed E-state index contributed by atoms with van der Waals surface area (Å²) in [6.45, 7) is 0. The van der Waals surface area contributed by atoms with Gasteiger partial charge in [-0.05, 0) is 23.1 Å². The molecule has 0 bridgehead atoms. The first-order valence-electron chi connectivity index (χ1n) is 5.65. The van der Waals surface area contributed by atoms with Gasteiger partial charge in [-0.25, -0.2) is 4.79 Å². The maximum absolute atomic E-state index is 11.2. The Morgan fingerprint density at radius 3 is 2.63 bits per heavy atom. The quantitative estimate of drug-likeness (QED) is 0.614. The molecule has 1 aromatic carbocycles. The van der Waals surface area contributed by atoms with E-state index in [0.29, 0.717) is 11.1 Å². The molecule has 0 saturated heterocycles. The molecule has 6 heteroatoms. The van der Waals surface area contributed by atoms with Crippen molar-refractivity contribution in [3.05, 3.63) is 34.9 Å². The Labute approximate surface area is 115 Å². The van der Waals surface area contributed by atoms with Crippen LogP contribution in [0.1, 0.15) is 29.2 Å². The van der Waals surface area contributed by atoms with E-state index in [2.05, 4.69) is 4.74 Å². The van der Waals surface area contributed by atoms with Crippen molar-refractivity contribution in [3.8, 4) is 0 Å². The number of halogens is 1. The lowest BCUT2D eigenvalue weighted by Gasteiger charge is -2.15. The van der Waals surface area contributed by atoms with Gasteiger partial charge in [0.15, 0.2) is 6.10 Å². The highest BCUT2D eigenvalue weighted by atomic mass is 35.5. The van der Waals surface area contributed by atoms with E-state index in [0.717, 1.165) is 0 Å². The van der Waals surface area contributed by atoms with Crippen molar-refractivity contribution in [2.45, 2.75) is 24.8 Å². The van der Waals surface area contributed by atoms with Crippen molar-refractivity contribution in [3.63, 3.8) is 0 Å². The number of hydrogen-bond donors (Lipinski definition) is 2. The number of ether oxygens (including phenoxy) is 1. The molecule has 1 rings (SSSR count). The monoisotopic (exact) mass is 286 g/mol. The van der Waals surface area contributed by atoms with Crippen molar-refractivity contribution in [2.75, 3.05) is 7.11 Å². The highest BCUT2D eigenvalue weighted by Crippen LogP contribution is 2.24. The van der Waals surface area contributed by atoms with Crippen molar-refractivity contribution in [1.82, 2.24) is 0 Å². The number of carbonyl (C=O) groups is 2. The molecule has 1 atom stereocenters. The third-order valence-electron chi connectivity index (χ3n) is 2.79. The Kier molecular flexibility index (Phi) is 5.79. The normalized spacial score (nSPS) is 11.9. The van der Waals surface area contributed by atoms with Gasteiger partial charge < -0.3 is 14.9 Å². The summed E-state index contributed by atoms with van der Waals surface area (Å²) >= 11 is 5.79. The lowest BCUT2D eigenvalue weighted by Crippen LogP contribution is -2.15. The molecule has 5 nitrogen and oxygen atoms in total. The van der Waals surface area contributed by atoms with Crippen LogP contribution in [0.5, 0.6) is 0 Å². The molecule has 2 N–H and O–H groups in total. The number of methoxy groups -OCH3 is 1. The molecule has 0 radical (unpaired) electrons. The molecule has 0 saturated carbocycles. The summed E-state index contributed by atoms with van der Waals surface area (Å²) in [5.41, 5.74) is 1.54. The second-order valence-corrected chi connectivity index (χ2v) is 4.20. The molecule has 0 aromatic heterocycles. The van der Waals surface area contributed by atoms with Gasteiger partial charge in [0.1, 0.15) is 0 Å². The van der Waals surface area contributed by atoms with Crippen LogP contribution < -0.4 is 0 Å². The van der Waals surface area contributed by atoms with Crippen LogP contribution in [-0.2, 0) is 26.6 Å². The number of carbonyl (C=O) groups excluding carboxylic acids is 1. The summed E-state index contributed by atoms with van der Waals surface area (Å²) in [5, 5.41) is 18.5. The standard InChI is InChI=1S/C13H15ClO5/c1-19-11(15)6-5-9-8(7-14)3-2-4-10(9)12(16)13(17)18/h2-4,12,16H,5-7H2,1H3,(H,17,18). The number of carboxylic acid groups (broad SMARTS) is 1. The Morgan fingerprint density at radius 2 is 2.11 bits per heavy atom. The zero-order valence-electron chi connectivity index (χ0n) is 10.4. The lowest BCUT2D eigenvalue weighted by atomic mass is 9.94. The number of esters is 1. The fourth-order valence-corrected chi connectivity index (χ4v) is 2.05. The number of aliphatic carboxylic acids is 1. The van der Waals surface area contributed by atoms with Crippen LogP contribution in [0.4, 0.5) is 0 Å². The summed E-state index contributed by atoms with van der Waals surface area (Å²) in [7, 11) is 1.28. The van der Waals surface area contributed by atoms with Gasteiger partial charge in [0.2, 0.25) is 0 Å². The third-order valence-corrected chi connectivity index (χ3v) is 3.08. The van der Waals surface area contributed by atoms with Crippen LogP contribution in [0.3, 0.4) is 0 Å². The SMILES string of the molecule is COC(=O)CCc1c(CCl)cccc1C(O)C(=O)O. The molecule has 1 aromatic rings. The molecule has 0 amide bonds.